The lowest BCUT2D eigenvalue weighted by atomic mass is 10.2. The van der Waals surface area contributed by atoms with Crippen LogP contribution in [-0.2, 0) is 4.74 Å². The molecule has 0 aliphatic rings. The fraction of sp³-hybridized carbons (Fsp3) is 0.455. The molecule has 0 radical (unpaired) electrons. The average Bonchev–Trinajstić information content (AvgIpc) is 2.76. The summed E-state index contributed by atoms with van der Waals surface area (Å²) in [5.41, 5.74) is 8.39. The summed E-state index contributed by atoms with van der Waals surface area (Å²) in [6.07, 6.45) is 0.233. The SMILES string of the molecule is CC(C)OCCNc1ccc(N)c2nonc12. The predicted molar refractivity (Wildman–Crippen MR) is 65.8 cm³/mol. The van der Waals surface area contributed by atoms with Crippen molar-refractivity contribution in [2.45, 2.75) is 20.0 Å². The van der Waals surface area contributed by atoms with Gasteiger partial charge in [-0.1, -0.05) is 0 Å². The van der Waals surface area contributed by atoms with E-state index in [1.165, 1.54) is 0 Å². The summed E-state index contributed by atoms with van der Waals surface area (Å²) in [7, 11) is 0. The lowest BCUT2D eigenvalue weighted by Gasteiger charge is -2.09. The quantitative estimate of drug-likeness (QED) is 0.606. The van der Waals surface area contributed by atoms with Gasteiger partial charge in [0.25, 0.3) is 0 Å². The van der Waals surface area contributed by atoms with E-state index in [4.69, 9.17) is 10.5 Å². The van der Waals surface area contributed by atoms with Crippen molar-refractivity contribution in [2.24, 2.45) is 0 Å². The van der Waals surface area contributed by atoms with Crippen molar-refractivity contribution in [1.29, 1.82) is 0 Å². The van der Waals surface area contributed by atoms with E-state index in [0.717, 1.165) is 5.69 Å². The highest BCUT2D eigenvalue weighted by Crippen LogP contribution is 2.24. The molecule has 6 heteroatoms. The zero-order valence-electron chi connectivity index (χ0n) is 9.93. The lowest BCUT2D eigenvalue weighted by molar-refractivity contribution is 0.0871. The van der Waals surface area contributed by atoms with Gasteiger partial charge in [0, 0.05) is 6.54 Å². The minimum Gasteiger partial charge on any atom is -0.397 e. The summed E-state index contributed by atoms with van der Waals surface area (Å²) in [5, 5.41) is 10.8. The number of anilines is 2. The summed E-state index contributed by atoms with van der Waals surface area (Å²) in [6.45, 7) is 5.34. The van der Waals surface area contributed by atoms with Crippen molar-refractivity contribution in [3.05, 3.63) is 12.1 Å². The number of nitrogens with one attached hydrogen (secondary N) is 1. The van der Waals surface area contributed by atoms with E-state index >= 15 is 0 Å². The lowest BCUT2D eigenvalue weighted by Crippen LogP contribution is -2.13. The van der Waals surface area contributed by atoms with Crippen LogP contribution in [0, 0.1) is 0 Å². The second kappa shape index (κ2) is 5.01. The molecule has 0 unspecified atom stereocenters. The van der Waals surface area contributed by atoms with Gasteiger partial charge in [-0.2, -0.15) is 0 Å². The first kappa shape index (κ1) is 11.7. The fourth-order valence-electron chi connectivity index (χ4n) is 1.51. The molecule has 1 heterocycles. The molecule has 0 spiro atoms. The Kier molecular flexibility index (Phi) is 3.43. The average molecular weight is 236 g/mol. The van der Waals surface area contributed by atoms with Gasteiger partial charge in [-0.3, -0.25) is 0 Å². The molecule has 0 atom stereocenters. The molecule has 0 aliphatic carbocycles. The normalized spacial score (nSPS) is 11.2. The second-order valence-corrected chi connectivity index (χ2v) is 4.01. The summed E-state index contributed by atoms with van der Waals surface area (Å²) < 4.78 is 10.1. The standard InChI is InChI=1S/C11H16N4O2/c1-7(2)16-6-5-13-9-4-3-8(12)10-11(9)15-17-14-10/h3-4,7,13H,5-6,12H2,1-2H3. The number of ether oxygens (including phenoxy) is 1. The number of benzene rings is 1. The molecule has 1 aromatic carbocycles. The number of aromatic nitrogens is 2. The third-order valence-electron chi connectivity index (χ3n) is 2.32. The van der Waals surface area contributed by atoms with E-state index in [2.05, 4.69) is 20.3 Å². The maximum Gasteiger partial charge on any atom is 0.160 e. The van der Waals surface area contributed by atoms with Gasteiger partial charge in [-0.15, -0.1) is 0 Å². The molecule has 0 amide bonds. The van der Waals surface area contributed by atoms with Crippen molar-refractivity contribution >= 4 is 22.4 Å². The Balaban J connectivity index is 2.04. The topological polar surface area (TPSA) is 86.2 Å². The van der Waals surface area contributed by atoms with Gasteiger partial charge >= 0.3 is 0 Å². The molecule has 0 bridgehead atoms. The number of hydrogen-bond donors (Lipinski definition) is 2. The van der Waals surface area contributed by atoms with Crippen molar-refractivity contribution < 1.29 is 9.37 Å². The maximum absolute atomic E-state index is 5.75. The molecule has 0 saturated carbocycles. The molecule has 1 aromatic heterocycles. The summed E-state index contributed by atoms with van der Waals surface area (Å²) >= 11 is 0. The van der Waals surface area contributed by atoms with Crippen LogP contribution < -0.4 is 11.1 Å². The van der Waals surface area contributed by atoms with Crippen LogP contribution >= 0.6 is 0 Å². The van der Waals surface area contributed by atoms with E-state index in [0.29, 0.717) is 29.9 Å². The van der Waals surface area contributed by atoms with Gasteiger partial charge in [0.05, 0.1) is 24.1 Å². The zero-order chi connectivity index (χ0) is 12.3. The Morgan fingerprint density at radius 3 is 2.88 bits per heavy atom. The van der Waals surface area contributed by atoms with E-state index in [1.807, 2.05) is 19.9 Å². The zero-order valence-corrected chi connectivity index (χ0v) is 9.93. The third-order valence-corrected chi connectivity index (χ3v) is 2.32. The molecule has 0 fully saturated rings. The highest BCUT2D eigenvalue weighted by Gasteiger charge is 2.09. The van der Waals surface area contributed by atoms with Gasteiger partial charge in [-0.25, -0.2) is 4.63 Å². The van der Waals surface area contributed by atoms with Crippen LogP contribution in [0.3, 0.4) is 0 Å². The summed E-state index contributed by atoms with van der Waals surface area (Å²) in [5.74, 6) is 0. The van der Waals surface area contributed by atoms with Gasteiger partial charge < -0.3 is 15.8 Å². The highest BCUT2D eigenvalue weighted by atomic mass is 16.6. The molecule has 0 saturated heterocycles. The van der Waals surface area contributed by atoms with Crippen molar-refractivity contribution in [3.63, 3.8) is 0 Å². The number of fused-ring (bicyclic) bond motifs is 1. The van der Waals surface area contributed by atoms with E-state index in [1.54, 1.807) is 6.07 Å². The molecule has 2 rings (SSSR count). The fourth-order valence-corrected chi connectivity index (χ4v) is 1.51. The van der Waals surface area contributed by atoms with Crippen LogP contribution in [0.2, 0.25) is 0 Å². The molecular weight excluding hydrogens is 220 g/mol. The molecular formula is C11H16N4O2. The highest BCUT2D eigenvalue weighted by molar-refractivity contribution is 5.94. The van der Waals surface area contributed by atoms with E-state index in [9.17, 15) is 0 Å². The van der Waals surface area contributed by atoms with Crippen molar-refractivity contribution in [2.75, 3.05) is 24.2 Å². The van der Waals surface area contributed by atoms with E-state index in [-0.39, 0.29) is 6.10 Å². The molecule has 2 aromatic rings. The maximum atomic E-state index is 5.75. The molecule has 6 nitrogen and oxygen atoms in total. The monoisotopic (exact) mass is 236 g/mol. The molecule has 17 heavy (non-hydrogen) atoms. The Labute approximate surface area is 99.1 Å². The number of nitrogens with zero attached hydrogens (tertiary/aromatic N) is 2. The number of hydrogen-bond acceptors (Lipinski definition) is 6. The first-order valence-electron chi connectivity index (χ1n) is 5.54. The molecule has 92 valence electrons. The smallest absolute Gasteiger partial charge is 0.160 e. The van der Waals surface area contributed by atoms with Gasteiger partial charge in [0.1, 0.15) is 0 Å². The van der Waals surface area contributed by atoms with Crippen molar-refractivity contribution in [1.82, 2.24) is 10.3 Å². The van der Waals surface area contributed by atoms with Gasteiger partial charge in [0.15, 0.2) is 11.0 Å². The largest absolute Gasteiger partial charge is 0.397 e. The van der Waals surface area contributed by atoms with Crippen LogP contribution in [-0.4, -0.2) is 29.6 Å². The second-order valence-electron chi connectivity index (χ2n) is 4.01. The molecule has 0 aliphatic heterocycles. The van der Waals surface area contributed by atoms with Gasteiger partial charge in [-0.05, 0) is 36.3 Å². The minimum atomic E-state index is 0.233. The Morgan fingerprint density at radius 2 is 2.12 bits per heavy atom. The van der Waals surface area contributed by atoms with Crippen LogP contribution in [0.4, 0.5) is 11.4 Å². The Bertz CT molecular complexity index is 495. The van der Waals surface area contributed by atoms with Crippen molar-refractivity contribution in [3.8, 4) is 0 Å². The predicted octanol–water partition coefficient (Wildman–Crippen LogP) is 1.64. The Morgan fingerprint density at radius 1 is 1.35 bits per heavy atom. The number of nitrogens with two attached hydrogens (primary N) is 1. The Hall–Kier alpha value is -1.82. The summed E-state index contributed by atoms with van der Waals surface area (Å²) in [4.78, 5) is 0. The van der Waals surface area contributed by atoms with Crippen LogP contribution in [0.25, 0.3) is 11.0 Å². The van der Waals surface area contributed by atoms with Gasteiger partial charge in [0.2, 0.25) is 0 Å². The number of rotatable bonds is 5. The van der Waals surface area contributed by atoms with Crippen LogP contribution in [0.1, 0.15) is 13.8 Å². The van der Waals surface area contributed by atoms with Crippen LogP contribution in [0.15, 0.2) is 16.8 Å². The number of nitrogen functional groups attached to an aromatic ring is 1. The third kappa shape index (κ3) is 2.65. The first-order chi connectivity index (χ1) is 8.18. The molecule has 3 N–H and O–H groups in total. The minimum absolute atomic E-state index is 0.233. The van der Waals surface area contributed by atoms with E-state index < -0.39 is 0 Å². The first-order valence-corrected chi connectivity index (χ1v) is 5.54. The van der Waals surface area contributed by atoms with Crippen LogP contribution in [0.5, 0.6) is 0 Å². The summed E-state index contributed by atoms with van der Waals surface area (Å²) in [6, 6.07) is 3.63.